The van der Waals surface area contributed by atoms with Crippen molar-refractivity contribution in [3.8, 4) is 0 Å². The second-order valence-corrected chi connectivity index (χ2v) is 8.44. The zero-order valence-corrected chi connectivity index (χ0v) is 12.2. The topological polar surface area (TPSA) is 71.4 Å². The van der Waals surface area contributed by atoms with Gasteiger partial charge in [0.05, 0.1) is 4.58 Å². The van der Waals surface area contributed by atoms with Crippen molar-refractivity contribution in [2.75, 3.05) is 5.75 Å². The summed E-state index contributed by atoms with van der Waals surface area (Å²) in [7, 11) is -4.37. The van der Waals surface area contributed by atoms with Crippen molar-refractivity contribution in [1.82, 2.24) is 0 Å². The smallest absolute Gasteiger partial charge is 0.276 e. The molecule has 3 unspecified atom stereocenters. The molecule has 0 aromatic carbocycles. The SMILES string of the molecule is C=C(C)C(=O)C(C1CSC(CC)S1)S(=O)(=O)O. The standard InChI is InChI=1S/C10H16O4S3/c1-4-8-15-5-7(16-8)10(17(12,13)14)9(11)6(2)3/h7-8,10H,2,4-5H2,1,3H3,(H,12,13,14). The Hall–Kier alpha value is 0.0200. The molecule has 0 aromatic rings. The Bertz CT molecular complexity index is 415. The second-order valence-electron chi connectivity index (χ2n) is 3.93. The molecule has 1 rings (SSSR count). The zero-order valence-electron chi connectivity index (χ0n) is 9.75. The molecule has 1 heterocycles. The second kappa shape index (κ2) is 5.77. The fourth-order valence-electron chi connectivity index (χ4n) is 1.59. The minimum atomic E-state index is -4.37. The van der Waals surface area contributed by atoms with Gasteiger partial charge in [-0.1, -0.05) is 13.5 Å². The highest BCUT2D eigenvalue weighted by Gasteiger charge is 2.42. The molecule has 0 radical (unpaired) electrons. The van der Waals surface area contributed by atoms with E-state index in [2.05, 4.69) is 6.58 Å². The molecule has 1 N–H and O–H groups in total. The summed E-state index contributed by atoms with van der Waals surface area (Å²) in [6.45, 7) is 6.93. The molecule has 1 fully saturated rings. The van der Waals surface area contributed by atoms with Gasteiger partial charge >= 0.3 is 0 Å². The predicted octanol–water partition coefficient (Wildman–Crippen LogP) is 1.97. The van der Waals surface area contributed by atoms with E-state index in [1.165, 1.54) is 18.7 Å². The van der Waals surface area contributed by atoms with Gasteiger partial charge in [-0.2, -0.15) is 8.42 Å². The van der Waals surface area contributed by atoms with Gasteiger partial charge in [0.1, 0.15) is 0 Å². The monoisotopic (exact) mass is 296 g/mol. The summed E-state index contributed by atoms with van der Waals surface area (Å²) in [6.07, 6.45) is 0.908. The van der Waals surface area contributed by atoms with E-state index in [0.717, 1.165) is 6.42 Å². The number of allylic oxidation sites excluding steroid dienone is 1. The highest BCUT2D eigenvalue weighted by Crippen LogP contribution is 2.42. The quantitative estimate of drug-likeness (QED) is 0.618. The van der Waals surface area contributed by atoms with Crippen LogP contribution in [0.25, 0.3) is 0 Å². The summed E-state index contributed by atoms with van der Waals surface area (Å²) in [4.78, 5) is 11.8. The van der Waals surface area contributed by atoms with Crippen molar-refractivity contribution in [3.63, 3.8) is 0 Å². The van der Waals surface area contributed by atoms with Crippen LogP contribution in [0.5, 0.6) is 0 Å². The minimum absolute atomic E-state index is 0.165. The largest absolute Gasteiger partial charge is 0.293 e. The minimum Gasteiger partial charge on any atom is -0.293 e. The van der Waals surface area contributed by atoms with Gasteiger partial charge < -0.3 is 0 Å². The lowest BCUT2D eigenvalue weighted by Crippen LogP contribution is -2.39. The van der Waals surface area contributed by atoms with Gasteiger partial charge in [-0.05, 0) is 18.9 Å². The Balaban J connectivity index is 2.94. The first-order valence-electron chi connectivity index (χ1n) is 5.20. The molecule has 0 amide bonds. The third-order valence-electron chi connectivity index (χ3n) is 2.44. The molecule has 98 valence electrons. The van der Waals surface area contributed by atoms with Crippen molar-refractivity contribution in [1.29, 1.82) is 0 Å². The van der Waals surface area contributed by atoms with E-state index >= 15 is 0 Å². The average molecular weight is 296 g/mol. The number of thioether (sulfide) groups is 2. The summed E-state index contributed by atoms with van der Waals surface area (Å²) in [5, 5.41) is -1.75. The number of ketones is 1. The zero-order chi connectivity index (χ0) is 13.2. The predicted molar refractivity (Wildman–Crippen MR) is 73.1 cm³/mol. The molecule has 0 spiro atoms. The normalized spacial score (nSPS) is 26.8. The summed E-state index contributed by atoms with van der Waals surface area (Å²) in [5.41, 5.74) is 0.165. The van der Waals surface area contributed by atoms with E-state index in [4.69, 9.17) is 0 Å². The van der Waals surface area contributed by atoms with Crippen molar-refractivity contribution in [3.05, 3.63) is 12.2 Å². The van der Waals surface area contributed by atoms with E-state index < -0.39 is 21.2 Å². The molecular formula is C10H16O4S3. The van der Waals surface area contributed by atoms with Crippen LogP contribution < -0.4 is 0 Å². The van der Waals surface area contributed by atoms with Crippen LogP contribution in [0.2, 0.25) is 0 Å². The van der Waals surface area contributed by atoms with Crippen LogP contribution >= 0.6 is 23.5 Å². The number of hydrogen-bond donors (Lipinski definition) is 1. The van der Waals surface area contributed by atoms with Crippen molar-refractivity contribution >= 4 is 39.4 Å². The molecule has 1 aliphatic heterocycles. The van der Waals surface area contributed by atoms with Gasteiger partial charge in [-0.15, -0.1) is 23.5 Å². The van der Waals surface area contributed by atoms with E-state index in [-0.39, 0.29) is 10.8 Å². The highest BCUT2D eigenvalue weighted by molar-refractivity contribution is 8.20. The average Bonchev–Trinajstić information content (AvgIpc) is 2.63. The van der Waals surface area contributed by atoms with Crippen LogP contribution in [-0.4, -0.2) is 39.6 Å². The molecule has 7 heteroatoms. The number of carbonyl (C=O) groups is 1. The van der Waals surface area contributed by atoms with Crippen molar-refractivity contribution in [2.45, 2.75) is 35.4 Å². The van der Waals surface area contributed by atoms with E-state index in [9.17, 15) is 17.8 Å². The Labute approximate surface area is 110 Å². The lowest BCUT2D eigenvalue weighted by molar-refractivity contribution is -0.115. The van der Waals surface area contributed by atoms with Crippen LogP contribution in [0.3, 0.4) is 0 Å². The van der Waals surface area contributed by atoms with E-state index in [1.54, 1.807) is 11.8 Å². The van der Waals surface area contributed by atoms with Gasteiger partial charge in [0.2, 0.25) is 0 Å². The Kier molecular flexibility index (Phi) is 5.12. The molecular weight excluding hydrogens is 280 g/mol. The summed E-state index contributed by atoms with van der Waals surface area (Å²) in [5.74, 6) is -0.0190. The first-order valence-corrected chi connectivity index (χ1v) is 8.70. The van der Waals surface area contributed by atoms with Crippen LogP contribution in [-0.2, 0) is 14.9 Å². The molecule has 0 aromatic heterocycles. The van der Waals surface area contributed by atoms with E-state index in [0.29, 0.717) is 10.3 Å². The van der Waals surface area contributed by atoms with Gasteiger partial charge in [-0.25, -0.2) is 0 Å². The van der Waals surface area contributed by atoms with Gasteiger partial charge in [-0.3, -0.25) is 9.35 Å². The lowest BCUT2D eigenvalue weighted by atomic mass is 10.1. The molecule has 3 atom stereocenters. The molecule has 0 aliphatic carbocycles. The molecule has 0 saturated carbocycles. The first kappa shape index (κ1) is 15.1. The highest BCUT2D eigenvalue weighted by atomic mass is 32.2. The Morgan fingerprint density at radius 1 is 1.59 bits per heavy atom. The molecule has 0 bridgehead atoms. The maximum atomic E-state index is 11.8. The van der Waals surface area contributed by atoms with E-state index in [1.807, 2.05) is 6.92 Å². The summed E-state index contributed by atoms with van der Waals surface area (Å²) in [6, 6.07) is 0. The van der Waals surface area contributed by atoms with Gasteiger partial charge in [0.25, 0.3) is 10.1 Å². The number of carbonyl (C=O) groups excluding carboxylic acids is 1. The van der Waals surface area contributed by atoms with Crippen LogP contribution in [0, 0.1) is 0 Å². The van der Waals surface area contributed by atoms with Crippen LogP contribution in [0.15, 0.2) is 12.2 Å². The number of hydrogen-bond acceptors (Lipinski definition) is 5. The summed E-state index contributed by atoms with van der Waals surface area (Å²) >= 11 is 3.08. The van der Waals surface area contributed by atoms with Crippen LogP contribution in [0.1, 0.15) is 20.3 Å². The molecule has 1 aliphatic rings. The summed E-state index contributed by atoms with van der Waals surface area (Å²) < 4.78 is 32.2. The fraction of sp³-hybridized carbons (Fsp3) is 0.700. The third kappa shape index (κ3) is 3.74. The maximum Gasteiger partial charge on any atom is 0.276 e. The molecule has 4 nitrogen and oxygen atoms in total. The first-order chi connectivity index (χ1) is 7.77. The maximum absolute atomic E-state index is 11.8. The molecule has 1 saturated heterocycles. The Morgan fingerprint density at radius 3 is 2.53 bits per heavy atom. The number of Topliss-reactive ketones (excluding diaryl/α,β-unsaturated/α-hetero) is 1. The molecule has 17 heavy (non-hydrogen) atoms. The third-order valence-corrected chi connectivity index (χ3v) is 7.44. The van der Waals surface area contributed by atoms with Crippen molar-refractivity contribution in [2.24, 2.45) is 0 Å². The van der Waals surface area contributed by atoms with Gasteiger partial charge in [0, 0.05) is 11.0 Å². The number of rotatable bonds is 5. The van der Waals surface area contributed by atoms with Gasteiger partial charge in [0.15, 0.2) is 11.0 Å². The van der Waals surface area contributed by atoms with Crippen LogP contribution in [0.4, 0.5) is 0 Å². The Morgan fingerprint density at radius 2 is 2.18 bits per heavy atom. The fourth-order valence-corrected chi connectivity index (χ4v) is 6.48. The van der Waals surface area contributed by atoms with Crippen molar-refractivity contribution < 1.29 is 17.8 Å². The lowest BCUT2D eigenvalue weighted by Gasteiger charge is -2.18.